The highest BCUT2D eigenvalue weighted by atomic mass is 35.5. The molecule has 2 aromatic rings. The van der Waals surface area contributed by atoms with Crippen LogP contribution in [0.4, 0.5) is 5.69 Å². The fourth-order valence-electron chi connectivity index (χ4n) is 1.93. The Labute approximate surface area is 143 Å². The first kappa shape index (κ1) is 17.6. The van der Waals surface area contributed by atoms with Gasteiger partial charge in [-0.3, -0.25) is 14.9 Å². The van der Waals surface area contributed by atoms with Gasteiger partial charge < -0.3 is 14.8 Å². The van der Waals surface area contributed by atoms with Crippen LogP contribution in [0.2, 0.25) is 5.02 Å². The van der Waals surface area contributed by atoms with Crippen molar-refractivity contribution in [2.45, 2.75) is 6.54 Å². The third kappa shape index (κ3) is 4.85. The van der Waals surface area contributed by atoms with Crippen molar-refractivity contribution >= 4 is 23.2 Å². The average molecular weight is 351 g/mol. The van der Waals surface area contributed by atoms with Crippen LogP contribution in [0.1, 0.15) is 5.56 Å². The van der Waals surface area contributed by atoms with E-state index in [2.05, 4.69) is 5.32 Å². The first-order valence-electron chi connectivity index (χ1n) is 6.96. The van der Waals surface area contributed by atoms with Crippen molar-refractivity contribution in [1.29, 1.82) is 0 Å². The molecule has 1 N–H and O–H groups in total. The molecule has 2 rings (SSSR count). The van der Waals surface area contributed by atoms with Crippen LogP contribution >= 0.6 is 11.6 Å². The minimum atomic E-state index is -0.616. The smallest absolute Gasteiger partial charge is 0.312 e. The molecule has 0 saturated carbocycles. The molecule has 0 fully saturated rings. The summed E-state index contributed by atoms with van der Waals surface area (Å²) in [6.45, 7) is -0.0471. The number of halogens is 1. The zero-order valence-corrected chi connectivity index (χ0v) is 13.6. The molecule has 1 amide bonds. The number of nitrogens with one attached hydrogen (secondary N) is 1. The first-order valence-corrected chi connectivity index (χ1v) is 7.34. The molecule has 0 spiro atoms. The molecule has 0 bridgehead atoms. The van der Waals surface area contributed by atoms with E-state index in [9.17, 15) is 14.9 Å². The second kappa shape index (κ2) is 8.16. The monoisotopic (exact) mass is 350 g/mol. The van der Waals surface area contributed by atoms with Gasteiger partial charge >= 0.3 is 5.69 Å². The molecule has 0 aliphatic rings. The van der Waals surface area contributed by atoms with E-state index in [0.717, 1.165) is 5.56 Å². The van der Waals surface area contributed by atoms with Crippen LogP contribution < -0.4 is 14.8 Å². The van der Waals surface area contributed by atoms with Crippen molar-refractivity contribution in [3.63, 3.8) is 0 Å². The minimum Gasteiger partial charge on any atom is -0.497 e. The maximum Gasteiger partial charge on any atom is 0.312 e. The summed E-state index contributed by atoms with van der Waals surface area (Å²) < 4.78 is 10.3. The molecule has 0 heterocycles. The van der Waals surface area contributed by atoms with E-state index in [1.807, 2.05) is 12.1 Å². The minimum absolute atomic E-state index is 0.0130. The summed E-state index contributed by atoms with van der Waals surface area (Å²) in [6, 6.07) is 11.2. The standard InChI is InChI=1S/C16H15ClN2O5/c1-23-13-4-2-3-11(7-13)9-18-16(20)10-24-15-6-5-12(17)8-14(15)19(21)22/h2-8H,9-10H2,1H3,(H,18,20). The van der Waals surface area contributed by atoms with E-state index in [1.165, 1.54) is 18.2 Å². The molecule has 7 nitrogen and oxygen atoms in total. The number of benzene rings is 2. The second-order valence-electron chi connectivity index (χ2n) is 4.79. The molecule has 0 unspecified atom stereocenters. The zero-order chi connectivity index (χ0) is 17.5. The quantitative estimate of drug-likeness (QED) is 0.612. The van der Waals surface area contributed by atoms with Gasteiger partial charge in [-0.1, -0.05) is 23.7 Å². The van der Waals surface area contributed by atoms with Gasteiger partial charge in [0.15, 0.2) is 12.4 Å². The fourth-order valence-corrected chi connectivity index (χ4v) is 2.10. The normalized spacial score (nSPS) is 10.1. The zero-order valence-electron chi connectivity index (χ0n) is 12.8. The van der Waals surface area contributed by atoms with Gasteiger partial charge in [0, 0.05) is 17.6 Å². The van der Waals surface area contributed by atoms with Gasteiger partial charge in [0.1, 0.15) is 5.75 Å². The number of carbonyl (C=O) groups is 1. The van der Waals surface area contributed by atoms with Crippen LogP contribution in [0.3, 0.4) is 0 Å². The number of hydrogen-bond acceptors (Lipinski definition) is 5. The molecule has 0 aliphatic heterocycles. The Hall–Kier alpha value is -2.80. The van der Waals surface area contributed by atoms with Crippen molar-refractivity contribution in [3.05, 3.63) is 63.2 Å². The van der Waals surface area contributed by atoms with Crippen molar-refractivity contribution in [1.82, 2.24) is 5.32 Å². The largest absolute Gasteiger partial charge is 0.497 e. The molecule has 2 aromatic carbocycles. The first-order chi connectivity index (χ1) is 11.5. The molecule has 24 heavy (non-hydrogen) atoms. The number of nitro groups is 1. The van der Waals surface area contributed by atoms with Gasteiger partial charge in [-0.05, 0) is 29.8 Å². The second-order valence-corrected chi connectivity index (χ2v) is 5.22. The summed E-state index contributed by atoms with van der Waals surface area (Å²) >= 11 is 5.72. The number of methoxy groups -OCH3 is 1. The van der Waals surface area contributed by atoms with E-state index in [0.29, 0.717) is 12.3 Å². The molecule has 0 radical (unpaired) electrons. The van der Waals surface area contributed by atoms with Gasteiger partial charge in [-0.25, -0.2) is 0 Å². The Bertz CT molecular complexity index is 751. The molecule has 8 heteroatoms. The molecule has 0 atom stereocenters. The average Bonchev–Trinajstić information content (AvgIpc) is 2.58. The summed E-state index contributed by atoms with van der Waals surface area (Å²) in [5.41, 5.74) is 0.572. The maximum atomic E-state index is 11.8. The van der Waals surface area contributed by atoms with Gasteiger partial charge in [0.2, 0.25) is 0 Å². The van der Waals surface area contributed by atoms with Crippen molar-refractivity contribution < 1.29 is 19.2 Å². The number of carbonyl (C=O) groups excluding carboxylic acids is 1. The molecule has 126 valence electrons. The summed E-state index contributed by atoms with van der Waals surface area (Å²) in [7, 11) is 1.56. The Morgan fingerprint density at radius 2 is 2.08 bits per heavy atom. The SMILES string of the molecule is COc1cccc(CNC(=O)COc2ccc(Cl)cc2[N+](=O)[O-])c1. The number of rotatable bonds is 7. The van der Waals surface area contributed by atoms with Gasteiger partial charge in [-0.2, -0.15) is 0 Å². The Morgan fingerprint density at radius 1 is 1.29 bits per heavy atom. The van der Waals surface area contributed by atoms with Gasteiger partial charge in [-0.15, -0.1) is 0 Å². The molecule has 0 aliphatic carbocycles. The van der Waals surface area contributed by atoms with E-state index in [4.69, 9.17) is 21.1 Å². The van der Waals surface area contributed by atoms with Crippen LogP contribution in [0.15, 0.2) is 42.5 Å². The summed E-state index contributed by atoms with van der Waals surface area (Å²) in [4.78, 5) is 22.2. The Kier molecular flexibility index (Phi) is 5.97. The highest BCUT2D eigenvalue weighted by molar-refractivity contribution is 6.30. The third-order valence-electron chi connectivity index (χ3n) is 3.10. The van der Waals surface area contributed by atoms with Gasteiger partial charge in [0.25, 0.3) is 5.91 Å². The molecular formula is C16H15ClN2O5. The number of nitrogens with zero attached hydrogens (tertiary/aromatic N) is 1. The fraction of sp³-hybridized carbons (Fsp3) is 0.188. The van der Waals surface area contributed by atoms with E-state index < -0.39 is 10.8 Å². The Morgan fingerprint density at radius 3 is 2.79 bits per heavy atom. The van der Waals surface area contributed by atoms with Crippen LogP contribution in [0, 0.1) is 10.1 Å². The van der Waals surface area contributed by atoms with Crippen molar-refractivity contribution in [2.24, 2.45) is 0 Å². The summed E-state index contributed by atoms with van der Waals surface area (Å²) in [5.74, 6) is 0.276. The highest BCUT2D eigenvalue weighted by Crippen LogP contribution is 2.29. The van der Waals surface area contributed by atoms with E-state index >= 15 is 0 Å². The third-order valence-corrected chi connectivity index (χ3v) is 3.34. The van der Waals surface area contributed by atoms with E-state index in [-0.39, 0.29) is 23.1 Å². The number of amides is 1. The predicted octanol–water partition coefficient (Wildman–Crippen LogP) is 2.95. The lowest BCUT2D eigenvalue weighted by Crippen LogP contribution is -2.28. The molecule has 0 aromatic heterocycles. The lowest BCUT2D eigenvalue weighted by atomic mass is 10.2. The van der Waals surface area contributed by atoms with Crippen molar-refractivity contribution in [2.75, 3.05) is 13.7 Å². The predicted molar refractivity (Wildman–Crippen MR) is 88.4 cm³/mol. The maximum absolute atomic E-state index is 11.8. The van der Waals surface area contributed by atoms with Crippen LogP contribution in [-0.2, 0) is 11.3 Å². The molecular weight excluding hydrogens is 336 g/mol. The Balaban J connectivity index is 1.90. The lowest BCUT2D eigenvalue weighted by molar-refractivity contribution is -0.385. The van der Waals surface area contributed by atoms with Crippen LogP contribution in [0.5, 0.6) is 11.5 Å². The van der Waals surface area contributed by atoms with Gasteiger partial charge in [0.05, 0.1) is 12.0 Å². The van der Waals surface area contributed by atoms with E-state index in [1.54, 1.807) is 19.2 Å². The van der Waals surface area contributed by atoms with Crippen LogP contribution in [-0.4, -0.2) is 24.5 Å². The topological polar surface area (TPSA) is 90.7 Å². The number of nitro benzene ring substituents is 1. The number of hydrogen-bond donors (Lipinski definition) is 1. The van der Waals surface area contributed by atoms with Crippen molar-refractivity contribution in [3.8, 4) is 11.5 Å². The summed E-state index contributed by atoms with van der Waals surface area (Å²) in [5, 5.41) is 13.8. The summed E-state index contributed by atoms with van der Waals surface area (Å²) in [6.07, 6.45) is 0. The number of ether oxygens (including phenoxy) is 2. The van der Waals surface area contributed by atoms with Crippen LogP contribution in [0.25, 0.3) is 0 Å². The lowest BCUT2D eigenvalue weighted by Gasteiger charge is -2.09. The highest BCUT2D eigenvalue weighted by Gasteiger charge is 2.16. The molecule has 0 saturated heterocycles.